The summed E-state index contributed by atoms with van der Waals surface area (Å²) in [6.45, 7) is 0. The summed E-state index contributed by atoms with van der Waals surface area (Å²) in [6, 6.07) is 15.4. The fourth-order valence-electron chi connectivity index (χ4n) is 1.56. The van der Waals surface area contributed by atoms with Crippen LogP contribution in [-0.4, -0.2) is 7.05 Å². The molecule has 0 aromatic heterocycles. The lowest BCUT2D eigenvalue weighted by Gasteiger charge is -2.01. The van der Waals surface area contributed by atoms with Crippen molar-refractivity contribution in [3.05, 3.63) is 48.5 Å². The van der Waals surface area contributed by atoms with E-state index in [9.17, 15) is 0 Å². The van der Waals surface area contributed by atoms with Crippen LogP contribution in [0.5, 0.6) is 0 Å². The maximum atomic E-state index is 6.90. The lowest BCUT2D eigenvalue weighted by Crippen LogP contribution is -1.76. The zero-order chi connectivity index (χ0) is 12.1. The molecule has 1 N–H and O–H groups in total. The van der Waals surface area contributed by atoms with Crippen LogP contribution in [0.3, 0.4) is 0 Å². The molecule has 2 rings (SSSR count). The summed E-state index contributed by atoms with van der Waals surface area (Å²) in [5.74, 6) is 0. The summed E-state index contributed by atoms with van der Waals surface area (Å²) in [5, 5.41) is 11.0. The zero-order valence-corrected chi connectivity index (χ0v) is 9.46. The van der Waals surface area contributed by atoms with Gasteiger partial charge in [-0.25, -0.2) is 5.53 Å². The van der Waals surface area contributed by atoms with Gasteiger partial charge in [-0.1, -0.05) is 24.3 Å². The van der Waals surface area contributed by atoms with Crippen LogP contribution in [0, 0.1) is 5.53 Å². The van der Waals surface area contributed by atoms with Gasteiger partial charge in [0, 0.05) is 7.05 Å². The second kappa shape index (κ2) is 5.12. The van der Waals surface area contributed by atoms with Crippen LogP contribution < -0.4 is 0 Å². The first-order chi connectivity index (χ1) is 8.33. The second-order valence-electron chi connectivity index (χ2n) is 3.51. The smallest absolute Gasteiger partial charge is 0.0852 e. The Bertz CT molecular complexity index is 526. The van der Waals surface area contributed by atoms with Crippen molar-refractivity contribution in [3.8, 4) is 11.1 Å². The van der Waals surface area contributed by atoms with Gasteiger partial charge in [0.1, 0.15) is 0 Å². The van der Waals surface area contributed by atoms with Gasteiger partial charge in [0.05, 0.1) is 11.4 Å². The van der Waals surface area contributed by atoms with Crippen LogP contribution in [0.15, 0.2) is 63.9 Å². The average molecular weight is 224 g/mol. The molecule has 0 spiro atoms. The summed E-state index contributed by atoms with van der Waals surface area (Å²) in [5.41, 5.74) is 10.6. The normalized spacial score (nSPS) is 10.6. The Kier molecular flexibility index (Phi) is 3.35. The van der Waals surface area contributed by atoms with Gasteiger partial charge in [0.25, 0.3) is 0 Å². The molecule has 4 heteroatoms. The number of rotatable bonds is 3. The minimum Gasteiger partial charge on any atom is -0.204 e. The van der Waals surface area contributed by atoms with Crippen molar-refractivity contribution in [2.24, 2.45) is 15.3 Å². The Labute approximate surface area is 99.5 Å². The van der Waals surface area contributed by atoms with Gasteiger partial charge in [-0.2, -0.15) is 15.3 Å². The van der Waals surface area contributed by atoms with Gasteiger partial charge in [0.2, 0.25) is 0 Å². The van der Waals surface area contributed by atoms with E-state index in [4.69, 9.17) is 5.53 Å². The fraction of sp³-hybridized carbons (Fsp3) is 0.0769. The van der Waals surface area contributed by atoms with E-state index in [0.717, 1.165) is 16.8 Å². The molecule has 0 unspecified atom stereocenters. The molecule has 0 aliphatic rings. The summed E-state index contributed by atoms with van der Waals surface area (Å²) < 4.78 is 0. The highest BCUT2D eigenvalue weighted by Gasteiger charge is 1.98. The molecule has 0 saturated heterocycles. The molecule has 0 aliphatic heterocycles. The Balaban J connectivity index is 2.29. The van der Waals surface area contributed by atoms with Crippen molar-refractivity contribution in [2.45, 2.75) is 0 Å². The van der Waals surface area contributed by atoms with Crippen molar-refractivity contribution in [2.75, 3.05) is 7.05 Å². The van der Waals surface area contributed by atoms with Crippen molar-refractivity contribution in [1.29, 1.82) is 5.53 Å². The van der Waals surface area contributed by atoms with E-state index < -0.39 is 0 Å². The molecule has 0 amide bonds. The molecule has 17 heavy (non-hydrogen) atoms. The van der Waals surface area contributed by atoms with Gasteiger partial charge in [-0.15, -0.1) is 0 Å². The SMILES string of the molecule is CN=Nc1ccc(-c2ccc(N=N)cc2)cc1. The van der Waals surface area contributed by atoms with Gasteiger partial charge in [0.15, 0.2) is 0 Å². The third kappa shape index (κ3) is 2.60. The molecule has 0 fully saturated rings. The monoisotopic (exact) mass is 224 g/mol. The largest absolute Gasteiger partial charge is 0.204 e. The zero-order valence-electron chi connectivity index (χ0n) is 9.46. The van der Waals surface area contributed by atoms with Crippen molar-refractivity contribution < 1.29 is 0 Å². The van der Waals surface area contributed by atoms with E-state index in [2.05, 4.69) is 15.3 Å². The van der Waals surface area contributed by atoms with Crippen LogP contribution in [0.4, 0.5) is 11.4 Å². The highest BCUT2D eigenvalue weighted by Crippen LogP contribution is 2.24. The van der Waals surface area contributed by atoms with Gasteiger partial charge >= 0.3 is 0 Å². The molecule has 0 aliphatic carbocycles. The summed E-state index contributed by atoms with van der Waals surface area (Å²) in [7, 11) is 1.65. The Morgan fingerprint density at radius 1 is 0.765 bits per heavy atom. The highest BCUT2D eigenvalue weighted by atomic mass is 15.1. The molecule has 2 aromatic rings. The average Bonchev–Trinajstić information content (AvgIpc) is 2.40. The lowest BCUT2D eigenvalue weighted by atomic mass is 10.1. The molecule has 0 saturated carbocycles. The van der Waals surface area contributed by atoms with E-state index in [0.29, 0.717) is 5.69 Å². The second-order valence-corrected chi connectivity index (χ2v) is 3.51. The van der Waals surface area contributed by atoms with Crippen LogP contribution in [0.1, 0.15) is 0 Å². The number of benzene rings is 2. The molecular weight excluding hydrogens is 212 g/mol. The standard InChI is InChI=1S/C13H12N4/c1-15-17-13-8-4-11(5-9-13)10-2-6-12(16-14)7-3-10/h2-9,14H,1H3. The van der Waals surface area contributed by atoms with Crippen LogP contribution in [0.2, 0.25) is 0 Å². The van der Waals surface area contributed by atoms with Gasteiger partial charge in [-0.3, -0.25) is 0 Å². The number of nitrogens with zero attached hydrogens (tertiary/aromatic N) is 3. The Morgan fingerprint density at radius 2 is 1.24 bits per heavy atom. The fourth-order valence-corrected chi connectivity index (χ4v) is 1.56. The predicted molar refractivity (Wildman–Crippen MR) is 67.1 cm³/mol. The number of hydrogen-bond donors (Lipinski definition) is 1. The van der Waals surface area contributed by atoms with E-state index >= 15 is 0 Å². The molecular formula is C13H12N4. The quantitative estimate of drug-likeness (QED) is 0.732. The van der Waals surface area contributed by atoms with Crippen molar-refractivity contribution in [1.82, 2.24) is 0 Å². The van der Waals surface area contributed by atoms with Gasteiger partial charge < -0.3 is 0 Å². The molecule has 0 heterocycles. The summed E-state index contributed by atoms with van der Waals surface area (Å²) in [4.78, 5) is 0. The molecule has 0 atom stereocenters. The number of azo groups is 1. The van der Waals surface area contributed by atoms with E-state index in [1.807, 2.05) is 48.5 Å². The summed E-state index contributed by atoms with van der Waals surface area (Å²) in [6.07, 6.45) is 0. The van der Waals surface area contributed by atoms with Crippen molar-refractivity contribution >= 4 is 11.4 Å². The predicted octanol–water partition coefficient (Wildman–Crippen LogP) is 4.73. The third-order valence-corrected chi connectivity index (χ3v) is 2.41. The topological polar surface area (TPSA) is 60.9 Å². The summed E-state index contributed by atoms with van der Waals surface area (Å²) >= 11 is 0. The molecule has 0 bridgehead atoms. The Hall–Kier alpha value is -2.36. The maximum Gasteiger partial charge on any atom is 0.0852 e. The van der Waals surface area contributed by atoms with Crippen LogP contribution in [-0.2, 0) is 0 Å². The first kappa shape index (κ1) is 11.1. The minimum absolute atomic E-state index is 0.658. The number of nitrogens with one attached hydrogen (secondary N) is 1. The lowest BCUT2D eigenvalue weighted by molar-refractivity contribution is 1.15. The van der Waals surface area contributed by atoms with E-state index in [1.165, 1.54) is 0 Å². The van der Waals surface area contributed by atoms with Gasteiger partial charge in [-0.05, 0) is 35.4 Å². The Morgan fingerprint density at radius 3 is 1.65 bits per heavy atom. The van der Waals surface area contributed by atoms with E-state index in [-0.39, 0.29) is 0 Å². The molecule has 2 aromatic carbocycles. The highest BCUT2D eigenvalue weighted by molar-refractivity contribution is 5.66. The number of hydrogen-bond acceptors (Lipinski definition) is 4. The van der Waals surface area contributed by atoms with Crippen LogP contribution >= 0.6 is 0 Å². The minimum atomic E-state index is 0.658. The van der Waals surface area contributed by atoms with E-state index in [1.54, 1.807) is 7.05 Å². The third-order valence-electron chi connectivity index (χ3n) is 2.41. The maximum absolute atomic E-state index is 6.90. The first-order valence-corrected chi connectivity index (χ1v) is 5.21. The molecule has 0 radical (unpaired) electrons. The first-order valence-electron chi connectivity index (χ1n) is 5.21. The molecule has 4 nitrogen and oxygen atoms in total. The van der Waals surface area contributed by atoms with Crippen LogP contribution in [0.25, 0.3) is 11.1 Å². The van der Waals surface area contributed by atoms with Crippen molar-refractivity contribution in [3.63, 3.8) is 0 Å². The molecule has 84 valence electrons.